The van der Waals surface area contributed by atoms with Crippen molar-refractivity contribution in [2.75, 3.05) is 32.1 Å². The molecule has 1 fully saturated rings. The second-order valence-electron chi connectivity index (χ2n) is 8.57. The maximum atomic E-state index is 14.6. The van der Waals surface area contributed by atoms with E-state index in [1.165, 1.54) is 12.1 Å². The molecule has 5 nitrogen and oxygen atoms in total. The zero-order valence-electron chi connectivity index (χ0n) is 18.5. The summed E-state index contributed by atoms with van der Waals surface area (Å²) in [6, 6.07) is 11.8. The van der Waals surface area contributed by atoms with Gasteiger partial charge in [0.2, 0.25) is 0 Å². The number of halogens is 1. The molecule has 0 radical (unpaired) electrons. The Bertz CT molecular complexity index is 1070. The van der Waals surface area contributed by atoms with Gasteiger partial charge in [0, 0.05) is 13.1 Å². The predicted octanol–water partition coefficient (Wildman–Crippen LogP) is 3.75. The molecule has 0 aromatic heterocycles. The average Bonchev–Trinajstić information content (AvgIpc) is 3.01. The van der Waals surface area contributed by atoms with E-state index in [1.807, 2.05) is 44.0 Å². The summed E-state index contributed by atoms with van der Waals surface area (Å²) in [4.78, 5) is 32.3. The van der Waals surface area contributed by atoms with E-state index in [1.54, 1.807) is 12.1 Å². The van der Waals surface area contributed by atoms with E-state index >= 15 is 0 Å². The third kappa shape index (κ3) is 3.76. The monoisotopic (exact) mass is 421 g/mol. The van der Waals surface area contributed by atoms with E-state index in [-0.39, 0.29) is 11.7 Å². The summed E-state index contributed by atoms with van der Waals surface area (Å²) in [5.74, 6) is -1.54. The molecule has 0 unspecified atom stereocenters. The lowest BCUT2D eigenvalue weighted by Crippen LogP contribution is -2.43. The van der Waals surface area contributed by atoms with Crippen LogP contribution in [0.25, 0.3) is 5.57 Å². The molecule has 0 N–H and O–H groups in total. The van der Waals surface area contributed by atoms with Crippen molar-refractivity contribution >= 4 is 23.1 Å². The number of carbonyl (C=O) groups excluding carboxylic acids is 2. The zero-order valence-corrected chi connectivity index (χ0v) is 18.5. The van der Waals surface area contributed by atoms with Crippen LogP contribution >= 0.6 is 0 Å². The van der Waals surface area contributed by atoms with Crippen LogP contribution in [-0.2, 0) is 9.59 Å². The van der Waals surface area contributed by atoms with Crippen LogP contribution < -0.4 is 4.90 Å². The van der Waals surface area contributed by atoms with Gasteiger partial charge in [-0.05, 0) is 75.6 Å². The van der Waals surface area contributed by atoms with Crippen LogP contribution in [0, 0.1) is 19.7 Å². The highest BCUT2D eigenvalue weighted by Crippen LogP contribution is 2.37. The van der Waals surface area contributed by atoms with Gasteiger partial charge in [-0.15, -0.1) is 0 Å². The summed E-state index contributed by atoms with van der Waals surface area (Å²) in [7, 11) is 3.96. The van der Waals surface area contributed by atoms with E-state index in [0.29, 0.717) is 16.8 Å². The van der Waals surface area contributed by atoms with Gasteiger partial charge < -0.3 is 9.80 Å². The van der Waals surface area contributed by atoms with Crippen molar-refractivity contribution < 1.29 is 14.0 Å². The number of rotatable bonds is 4. The van der Waals surface area contributed by atoms with E-state index in [9.17, 15) is 14.0 Å². The highest BCUT2D eigenvalue weighted by atomic mass is 19.1. The first-order chi connectivity index (χ1) is 14.8. The molecule has 2 heterocycles. The van der Waals surface area contributed by atoms with Crippen molar-refractivity contribution in [3.05, 3.63) is 70.7 Å². The van der Waals surface area contributed by atoms with Crippen molar-refractivity contribution in [1.29, 1.82) is 0 Å². The van der Waals surface area contributed by atoms with Crippen molar-refractivity contribution in [1.82, 2.24) is 9.80 Å². The molecule has 2 amide bonds. The van der Waals surface area contributed by atoms with Crippen LogP contribution in [0.2, 0.25) is 0 Å². The topological polar surface area (TPSA) is 43.9 Å². The number of likely N-dealkylation sites (tertiary alicyclic amines) is 1. The third-order valence-electron chi connectivity index (χ3n) is 6.54. The molecule has 0 bridgehead atoms. The second-order valence-corrected chi connectivity index (χ2v) is 8.57. The van der Waals surface area contributed by atoms with Gasteiger partial charge in [-0.3, -0.25) is 9.59 Å². The number of hydrogen-bond donors (Lipinski definition) is 0. The van der Waals surface area contributed by atoms with Gasteiger partial charge in [0.25, 0.3) is 11.8 Å². The Morgan fingerprint density at radius 1 is 0.968 bits per heavy atom. The molecule has 2 aromatic carbocycles. The van der Waals surface area contributed by atoms with E-state index in [2.05, 4.69) is 11.9 Å². The quantitative estimate of drug-likeness (QED) is 0.706. The average molecular weight is 422 g/mol. The molecule has 2 aromatic rings. The van der Waals surface area contributed by atoms with Crippen molar-refractivity contribution in [3.63, 3.8) is 0 Å². The molecule has 2 aliphatic rings. The van der Waals surface area contributed by atoms with E-state index in [0.717, 1.165) is 42.0 Å². The van der Waals surface area contributed by atoms with Crippen molar-refractivity contribution in [2.45, 2.75) is 32.7 Å². The number of nitrogens with zero attached hydrogens (tertiary/aromatic N) is 3. The van der Waals surface area contributed by atoms with Crippen LogP contribution in [0.4, 0.5) is 10.1 Å². The number of imide groups is 1. The minimum Gasteiger partial charge on any atom is -0.366 e. The first-order valence-electron chi connectivity index (χ1n) is 10.7. The molecule has 162 valence electrons. The Morgan fingerprint density at radius 2 is 1.65 bits per heavy atom. The maximum absolute atomic E-state index is 14.6. The predicted molar refractivity (Wildman–Crippen MR) is 120 cm³/mol. The van der Waals surface area contributed by atoms with Gasteiger partial charge in [0.15, 0.2) is 0 Å². The Kier molecular flexibility index (Phi) is 5.67. The lowest BCUT2D eigenvalue weighted by molar-refractivity contribution is -0.120. The minimum atomic E-state index is -0.591. The Morgan fingerprint density at radius 3 is 2.29 bits per heavy atom. The Hall–Kier alpha value is -2.99. The molecule has 0 saturated carbocycles. The lowest BCUT2D eigenvalue weighted by atomic mass is 9.97. The van der Waals surface area contributed by atoms with Gasteiger partial charge in [-0.25, -0.2) is 9.29 Å². The van der Waals surface area contributed by atoms with Crippen LogP contribution in [-0.4, -0.2) is 54.8 Å². The molecular weight excluding hydrogens is 393 g/mol. The standard InChI is InChI=1S/C25H28FN3O2/c1-16-9-10-18(15-17(16)2)22-23(28(4)19-11-13-27(3)14-12-19)25(31)29(24(22)30)21-8-6-5-7-20(21)26/h5-10,15,19H,11-14H2,1-4H3. The second kappa shape index (κ2) is 8.27. The number of piperidine rings is 1. The van der Waals surface area contributed by atoms with Crippen LogP contribution in [0.3, 0.4) is 0 Å². The smallest absolute Gasteiger partial charge is 0.282 e. The van der Waals surface area contributed by atoms with Gasteiger partial charge in [0.05, 0.1) is 11.3 Å². The molecule has 2 aliphatic heterocycles. The Balaban J connectivity index is 1.83. The van der Waals surface area contributed by atoms with E-state index in [4.69, 9.17) is 0 Å². The van der Waals surface area contributed by atoms with Gasteiger partial charge in [-0.2, -0.15) is 0 Å². The zero-order chi connectivity index (χ0) is 22.3. The SMILES string of the molecule is Cc1ccc(C2=C(N(C)C3CCN(C)CC3)C(=O)N(c3ccccc3F)C2=O)cc1C. The minimum absolute atomic E-state index is 0.00869. The summed E-state index contributed by atoms with van der Waals surface area (Å²) in [6.07, 6.45) is 1.80. The third-order valence-corrected chi connectivity index (χ3v) is 6.54. The summed E-state index contributed by atoms with van der Waals surface area (Å²) < 4.78 is 14.6. The van der Waals surface area contributed by atoms with Crippen molar-refractivity contribution in [2.24, 2.45) is 0 Å². The molecule has 0 aliphatic carbocycles. The number of hydrogen-bond acceptors (Lipinski definition) is 4. The normalized spacial score (nSPS) is 18.3. The summed E-state index contributed by atoms with van der Waals surface area (Å²) in [5.41, 5.74) is 3.53. The highest BCUT2D eigenvalue weighted by Gasteiger charge is 2.44. The maximum Gasteiger partial charge on any atom is 0.282 e. The number of anilines is 1. The van der Waals surface area contributed by atoms with Crippen molar-refractivity contribution in [3.8, 4) is 0 Å². The largest absolute Gasteiger partial charge is 0.366 e. The summed E-state index contributed by atoms with van der Waals surface area (Å²) in [6.45, 7) is 5.85. The number of benzene rings is 2. The molecule has 4 rings (SSSR count). The van der Waals surface area contributed by atoms with E-state index < -0.39 is 17.6 Å². The summed E-state index contributed by atoms with van der Waals surface area (Å²) >= 11 is 0. The number of aryl methyl sites for hydroxylation is 2. The fourth-order valence-electron chi connectivity index (χ4n) is 4.42. The molecule has 0 spiro atoms. The molecule has 0 atom stereocenters. The van der Waals surface area contributed by atoms with Gasteiger partial charge in [-0.1, -0.05) is 30.3 Å². The van der Waals surface area contributed by atoms with Crippen LogP contribution in [0.1, 0.15) is 29.5 Å². The number of amides is 2. The lowest BCUT2D eigenvalue weighted by Gasteiger charge is -2.36. The number of carbonyl (C=O) groups is 2. The van der Waals surface area contributed by atoms with Crippen LogP contribution in [0.15, 0.2) is 48.2 Å². The summed E-state index contributed by atoms with van der Waals surface area (Å²) in [5, 5.41) is 0. The fourth-order valence-corrected chi connectivity index (χ4v) is 4.42. The molecular formula is C25H28FN3O2. The first kappa shape index (κ1) is 21.2. The molecule has 6 heteroatoms. The van der Waals surface area contributed by atoms with Gasteiger partial charge >= 0.3 is 0 Å². The first-order valence-corrected chi connectivity index (χ1v) is 10.7. The molecule has 31 heavy (non-hydrogen) atoms. The van der Waals surface area contributed by atoms with Gasteiger partial charge in [0.1, 0.15) is 11.5 Å². The molecule has 1 saturated heterocycles. The highest BCUT2D eigenvalue weighted by molar-refractivity contribution is 6.45. The fraction of sp³-hybridized carbons (Fsp3) is 0.360. The number of para-hydroxylation sites is 1. The van der Waals surface area contributed by atoms with Crippen LogP contribution in [0.5, 0.6) is 0 Å². The number of likely N-dealkylation sites (N-methyl/N-ethyl adjacent to an activating group) is 1. The Labute approximate surface area is 182 Å².